The Bertz CT molecular complexity index is 2560. The topological polar surface area (TPSA) is 108 Å². The average molecular weight is 912 g/mol. The molecule has 3 heterocycles. The van der Waals surface area contributed by atoms with Crippen LogP contribution in [0.15, 0.2) is 139 Å². The number of cyclic esters (lactones) is 4. The molecule has 9 nitrogen and oxygen atoms in total. The number of rotatable bonds is 5. The Morgan fingerprint density at radius 3 is 1.24 bits per heavy atom. The first-order valence-corrected chi connectivity index (χ1v) is 21.5. The lowest BCUT2D eigenvalue weighted by atomic mass is 9.48. The first-order valence-electron chi connectivity index (χ1n) is 20.0. The van der Waals surface area contributed by atoms with Crippen LogP contribution in [0.2, 0.25) is 20.1 Å². The summed E-state index contributed by atoms with van der Waals surface area (Å²) < 4.78 is 24.8. The van der Waals surface area contributed by atoms with Gasteiger partial charge in [0.2, 0.25) is 0 Å². The van der Waals surface area contributed by atoms with Gasteiger partial charge in [-0.2, -0.15) is 0 Å². The molecule has 2 fully saturated rings. The van der Waals surface area contributed by atoms with E-state index >= 15 is 19.2 Å². The summed E-state index contributed by atoms with van der Waals surface area (Å²) in [4.78, 5) is 64.3. The number of allylic oxidation sites excluding steroid dienone is 2. The summed E-state index contributed by atoms with van der Waals surface area (Å²) >= 11 is 26.1. The fourth-order valence-electron chi connectivity index (χ4n) is 10.1. The van der Waals surface area contributed by atoms with Crippen LogP contribution in [-0.2, 0) is 38.1 Å². The average Bonchev–Trinajstić information content (AvgIpc) is 3.22. The third-order valence-electron chi connectivity index (χ3n) is 12.4. The number of anilines is 1. The van der Waals surface area contributed by atoms with Crippen molar-refractivity contribution >= 4 is 76.0 Å². The molecule has 3 aliphatic heterocycles. The molecule has 2 saturated heterocycles. The second-order valence-electron chi connectivity index (χ2n) is 16.9. The van der Waals surface area contributed by atoms with Crippen molar-refractivity contribution in [3.63, 3.8) is 0 Å². The van der Waals surface area contributed by atoms with E-state index in [1.54, 1.807) is 97.1 Å². The van der Waals surface area contributed by atoms with Gasteiger partial charge >= 0.3 is 23.9 Å². The highest BCUT2D eigenvalue weighted by molar-refractivity contribution is 6.31. The molecule has 13 heteroatoms. The van der Waals surface area contributed by atoms with E-state index in [0.717, 1.165) is 0 Å². The van der Waals surface area contributed by atoms with Gasteiger partial charge in [-0.3, -0.25) is 19.2 Å². The van der Waals surface area contributed by atoms with E-state index < -0.39 is 70.1 Å². The van der Waals surface area contributed by atoms with Gasteiger partial charge in [-0.05, 0) is 94.9 Å². The molecule has 0 unspecified atom stereocenters. The molecule has 5 aromatic rings. The number of halogens is 4. The third kappa shape index (κ3) is 6.59. The standard InChI is InChI=1S/C49H39Cl4NO8/c1-46(2)59-42(55)48(43(56)60-46)36(27-10-18-31(50)19-11-27)26-37-38(39(48)28-12-20-32(51)21-13-28)40(29-14-22-33(52)23-15-29)49(44(57)61-47(3,4)62-45(49)58)41(30-16-24-34(53)25-17-30)54(37)35-8-6-5-7-9-35/h5-25,36,39-41H,26H2,1-4H3/t36-,39-,40-,41-/m0/s1. The van der Waals surface area contributed by atoms with E-state index in [9.17, 15) is 0 Å². The minimum Gasteiger partial charge on any atom is -0.422 e. The molecule has 9 rings (SSSR count). The Kier molecular flexibility index (Phi) is 10.3. The predicted molar refractivity (Wildman–Crippen MR) is 235 cm³/mol. The van der Waals surface area contributed by atoms with Crippen molar-refractivity contribution in [1.29, 1.82) is 0 Å². The summed E-state index contributed by atoms with van der Waals surface area (Å²) in [6.07, 6.45) is 0.000423. The lowest BCUT2D eigenvalue weighted by Gasteiger charge is -2.61. The van der Waals surface area contributed by atoms with E-state index in [0.29, 0.717) is 59.3 Å². The maximum absolute atomic E-state index is 15.7. The van der Waals surface area contributed by atoms with Gasteiger partial charge in [0.1, 0.15) is 0 Å². The number of hydrogen-bond donors (Lipinski definition) is 0. The molecule has 0 aromatic heterocycles. The van der Waals surface area contributed by atoms with Crippen LogP contribution in [0.5, 0.6) is 0 Å². The van der Waals surface area contributed by atoms with Gasteiger partial charge in [0, 0.05) is 76.9 Å². The predicted octanol–water partition coefficient (Wildman–Crippen LogP) is 11.5. The number of nitrogens with zero attached hydrogens (tertiary/aromatic N) is 1. The van der Waals surface area contributed by atoms with Gasteiger partial charge in [-0.1, -0.05) is 113 Å². The van der Waals surface area contributed by atoms with Crippen LogP contribution in [0.25, 0.3) is 0 Å². The summed E-state index contributed by atoms with van der Waals surface area (Å²) in [5.41, 5.74) is -0.813. The number of ether oxygens (including phenoxy) is 4. The molecule has 62 heavy (non-hydrogen) atoms. The molecule has 0 bridgehead atoms. The first kappa shape index (κ1) is 42.0. The Hall–Kier alpha value is -5.32. The van der Waals surface area contributed by atoms with Crippen molar-refractivity contribution < 1.29 is 38.1 Å². The summed E-state index contributed by atoms with van der Waals surface area (Å²) in [6.45, 7) is 5.97. The Labute approximate surface area is 378 Å². The molecule has 0 saturated carbocycles. The van der Waals surface area contributed by atoms with Gasteiger partial charge in [-0.15, -0.1) is 0 Å². The zero-order chi connectivity index (χ0) is 43.9. The van der Waals surface area contributed by atoms with Crippen molar-refractivity contribution in [2.75, 3.05) is 4.90 Å². The Morgan fingerprint density at radius 1 is 0.468 bits per heavy atom. The second kappa shape index (κ2) is 15.2. The fourth-order valence-corrected chi connectivity index (χ4v) is 10.6. The van der Waals surface area contributed by atoms with Crippen LogP contribution in [0, 0.1) is 10.8 Å². The molecule has 2 spiro atoms. The van der Waals surface area contributed by atoms with Crippen molar-refractivity contribution in [2.45, 2.75) is 69.5 Å². The summed E-state index contributed by atoms with van der Waals surface area (Å²) in [7, 11) is 0. The molecule has 316 valence electrons. The zero-order valence-corrected chi connectivity index (χ0v) is 36.9. The number of carbonyl (C=O) groups excluding carboxylic acids is 4. The maximum atomic E-state index is 15.7. The van der Waals surface area contributed by atoms with Crippen molar-refractivity contribution in [3.8, 4) is 0 Å². The number of benzene rings is 5. The highest BCUT2D eigenvalue weighted by atomic mass is 35.5. The minimum atomic E-state index is -2.27. The molecule has 5 aromatic carbocycles. The summed E-state index contributed by atoms with van der Waals surface area (Å²) in [5, 5.41) is 1.65. The van der Waals surface area contributed by atoms with Gasteiger partial charge in [-0.25, -0.2) is 0 Å². The lowest BCUT2D eigenvalue weighted by molar-refractivity contribution is -0.256. The number of para-hydroxylation sites is 1. The van der Waals surface area contributed by atoms with Crippen LogP contribution >= 0.6 is 46.4 Å². The molecule has 4 aliphatic rings. The summed E-state index contributed by atoms with van der Waals surface area (Å²) in [6, 6.07) is 35.6. The molecule has 0 amide bonds. The number of carbonyl (C=O) groups is 4. The molecular weight excluding hydrogens is 872 g/mol. The van der Waals surface area contributed by atoms with Crippen LogP contribution < -0.4 is 4.90 Å². The molecule has 0 N–H and O–H groups in total. The van der Waals surface area contributed by atoms with E-state index in [4.69, 9.17) is 65.4 Å². The van der Waals surface area contributed by atoms with E-state index in [2.05, 4.69) is 0 Å². The minimum absolute atomic E-state index is 0.000423. The monoisotopic (exact) mass is 909 g/mol. The highest BCUT2D eigenvalue weighted by Gasteiger charge is 2.75. The quantitative estimate of drug-likeness (QED) is 0.126. The van der Waals surface area contributed by atoms with Crippen molar-refractivity contribution in [1.82, 2.24) is 0 Å². The summed E-state index contributed by atoms with van der Waals surface area (Å²) in [5.74, 6) is -10.3. The van der Waals surface area contributed by atoms with Gasteiger partial charge in [0.15, 0.2) is 10.8 Å². The fraction of sp³-hybridized carbons (Fsp3) is 0.265. The SMILES string of the molecule is CC1(C)OC(=O)C2(C(=O)O1)[C@@H](c1ccc(Cl)cc1)C1=C(C[C@@H](c3ccc(Cl)cc3)C3(C(=O)OC(C)(C)OC3=O)[C@H]1c1ccc(Cl)cc1)N(c1ccccc1)[C@H]2c1ccc(Cl)cc1. The van der Waals surface area contributed by atoms with E-state index in [1.165, 1.54) is 27.7 Å². The van der Waals surface area contributed by atoms with E-state index in [-0.39, 0.29) is 6.42 Å². The second-order valence-corrected chi connectivity index (χ2v) is 18.7. The van der Waals surface area contributed by atoms with Gasteiger partial charge < -0.3 is 23.8 Å². The number of esters is 4. The Balaban J connectivity index is 1.51. The number of hydrogen-bond acceptors (Lipinski definition) is 9. The van der Waals surface area contributed by atoms with Crippen molar-refractivity contribution in [2.24, 2.45) is 10.8 Å². The molecule has 4 atom stereocenters. The zero-order valence-electron chi connectivity index (χ0n) is 33.9. The van der Waals surface area contributed by atoms with Crippen molar-refractivity contribution in [3.05, 3.63) is 181 Å². The lowest BCUT2D eigenvalue weighted by Crippen LogP contribution is -2.67. The van der Waals surface area contributed by atoms with Crippen LogP contribution in [0.4, 0.5) is 5.69 Å². The first-order chi connectivity index (χ1) is 29.5. The van der Waals surface area contributed by atoms with E-state index in [1.807, 2.05) is 35.2 Å². The normalized spacial score (nSPS) is 24.5. The largest absolute Gasteiger partial charge is 0.422 e. The maximum Gasteiger partial charge on any atom is 0.330 e. The van der Waals surface area contributed by atoms with Gasteiger partial charge in [0.05, 0.1) is 6.04 Å². The van der Waals surface area contributed by atoms with Crippen LogP contribution in [0.1, 0.15) is 80.2 Å². The molecular formula is C49H39Cl4NO8. The van der Waals surface area contributed by atoms with Crippen LogP contribution in [-0.4, -0.2) is 35.5 Å². The highest BCUT2D eigenvalue weighted by Crippen LogP contribution is 2.71. The Morgan fingerprint density at radius 2 is 0.823 bits per heavy atom. The molecule has 1 aliphatic carbocycles. The molecule has 0 radical (unpaired) electrons. The smallest absolute Gasteiger partial charge is 0.330 e. The third-order valence-corrected chi connectivity index (χ3v) is 13.4. The van der Waals surface area contributed by atoms with Crippen LogP contribution in [0.3, 0.4) is 0 Å². The van der Waals surface area contributed by atoms with Gasteiger partial charge in [0.25, 0.3) is 11.6 Å².